The molecule has 1 aromatic carbocycles. The van der Waals surface area contributed by atoms with Crippen LogP contribution in [0.2, 0.25) is 0 Å². The molecule has 2 aromatic rings. The van der Waals surface area contributed by atoms with Crippen LogP contribution in [0.15, 0.2) is 18.2 Å². The van der Waals surface area contributed by atoms with Crippen molar-refractivity contribution >= 4 is 28.5 Å². The molecule has 1 aliphatic heterocycles. The fraction of sp³-hybridized carbons (Fsp3) is 0.500. The van der Waals surface area contributed by atoms with Gasteiger partial charge in [-0.25, -0.2) is 4.79 Å². The lowest BCUT2D eigenvalue weighted by atomic mass is 10.0. The average Bonchev–Trinajstić information content (AvgIpc) is 3.03. The zero-order valence-electron chi connectivity index (χ0n) is 16.2. The Morgan fingerprint density at radius 3 is 2.85 bits per heavy atom. The van der Waals surface area contributed by atoms with Gasteiger partial charge in [0.25, 0.3) is 0 Å². The molecule has 1 amide bonds. The van der Waals surface area contributed by atoms with Crippen LogP contribution >= 0.6 is 0 Å². The SMILES string of the molecule is COC(=O)c1[nH]c2cc(OC)ccc2c1NC(=O)CC[NH+]1CCC[C@@H](C)C1. The first kappa shape index (κ1) is 19.2. The average molecular weight is 374 g/mol. The summed E-state index contributed by atoms with van der Waals surface area (Å²) in [6.07, 6.45) is 2.91. The predicted octanol–water partition coefficient (Wildman–Crippen LogP) is 1.61. The maximum Gasteiger partial charge on any atom is 0.356 e. The number of amides is 1. The zero-order valence-corrected chi connectivity index (χ0v) is 16.2. The molecule has 2 heterocycles. The third-order valence-electron chi connectivity index (χ3n) is 5.23. The van der Waals surface area contributed by atoms with Gasteiger partial charge in [-0.1, -0.05) is 6.92 Å². The van der Waals surface area contributed by atoms with Gasteiger partial charge in [0.2, 0.25) is 5.91 Å². The van der Waals surface area contributed by atoms with E-state index in [0.717, 1.165) is 25.0 Å². The second-order valence-corrected chi connectivity index (χ2v) is 7.28. The van der Waals surface area contributed by atoms with Crippen LogP contribution < -0.4 is 15.0 Å². The zero-order chi connectivity index (χ0) is 19.4. The molecule has 0 radical (unpaired) electrons. The summed E-state index contributed by atoms with van der Waals surface area (Å²) in [6.45, 7) is 5.31. The van der Waals surface area contributed by atoms with Crippen LogP contribution in [0, 0.1) is 5.92 Å². The highest BCUT2D eigenvalue weighted by atomic mass is 16.5. The number of piperidine rings is 1. The summed E-state index contributed by atoms with van der Waals surface area (Å²) in [5.41, 5.74) is 1.42. The number of likely N-dealkylation sites (tertiary alicyclic amines) is 1. The van der Waals surface area contributed by atoms with Gasteiger partial charge in [-0.3, -0.25) is 4.79 Å². The second-order valence-electron chi connectivity index (χ2n) is 7.28. The Morgan fingerprint density at radius 1 is 1.33 bits per heavy atom. The van der Waals surface area contributed by atoms with E-state index in [-0.39, 0.29) is 11.6 Å². The summed E-state index contributed by atoms with van der Waals surface area (Å²) in [6, 6.07) is 5.41. The van der Waals surface area contributed by atoms with Crippen LogP contribution in [0.4, 0.5) is 5.69 Å². The van der Waals surface area contributed by atoms with Crippen molar-refractivity contribution in [2.75, 3.05) is 39.2 Å². The van der Waals surface area contributed by atoms with Crippen molar-refractivity contribution in [2.45, 2.75) is 26.2 Å². The van der Waals surface area contributed by atoms with E-state index in [4.69, 9.17) is 9.47 Å². The van der Waals surface area contributed by atoms with E-state index in [2.05, 4.69) is 17.2 Å². The van der Waals surface area contributed by atoms with Crippen LogP contribution in [0.1, 0.15) is 36.7 Å². The topological polar surface area (TPSA) is 84.9 Å². The summed E-state index contributed by atoms with van der Waals surface area (Å²) in [7, 11) is 2.90. The van der Waals surface area contributed by atoms with Crippen molar-refractivity contribution in [3.63, 3.8) is 0 Å². The highest BCUT2D eigenvalue weighted by Gasteiger charge is 2.23. The molecular weight excluding hydrogens is 346 g/mol. The lowest BCUT2D eigenvalue weighted by Crippen LogP contribution is -3.13. The van der Waals surface area contributed by atoms with E-state index in [1.807, 2.05) is 6.07 Å². The van der Waals surface area contributed by atoms with Gasteiger partial charge >= 0.3 is 5.97 Å². The number of carbonyl (C=O) groups is 2. The number of esters is 1. The Morgan fingerprint density at radius 2 is 2.15 bits per heavy atom. The predicted molar refractivity (Wildman–Crippen MR) is 103 cm³/mol. The summed E-state index contributed by atoms with van der Waals surface area (Å²) in [4.78, 5) is 29.2. The molecule has 0 bridgehead atoms. The molecule has 0 saturated carbocycles. The van der Waals surface area contributed by atoms with Gasteiger partial charge < -0.3 is 24.7 Å². The van der Waals surface area contributed by atoms with E-state index in [9.17, 15) is 9.59 Å². The van der Waals surface area contributed by atoms with Gasteiger partial charge in [-0.15, -0.1) is 0 Å². The molecule has 0 spiro atoms. The quantitative estimate of drug-likeness (QED) is 0.671. The molecule has 3 rings (SSSR count). The first-order chi connectivity index (χ1) is 13.0. The Balaban J connectivity index is 1.75. The fourth-order valence-corrected chi connectivity index (χ4v) is 3.81. The maximum atomic E-state index is 12.5. The number of carbonyl (C=O) groups excluding carboxylic acids is 2. The number of H-pyrrole nitrogens is 1. The lowest BCUT2D eigenvalue weighted by Gasteiger charge is -2.27. The number of rotatable bonds is 6. The lowest BCUT2D eigenvalue weighted by molar-refractivity contribution is -0.907. The van der Waals surface area contributed by atoms with Crippen LogP contribution in [0.3, 0.4) is 0 Å². The summed E-state index contributed by atoms with van der Waals surface area (Å²) >= 11 is 0. The Bertz CT molecular complexity index is 830. The second kappa shape index (κ2) is 8.43. The summed E-state index contributed by atoms with van der Waals surface area (Å²) in [5, 5.41) is 3.67. The van der Waals surface area contributed by atoms with E-state index in [1.54, 1.807) is 19.2 Å². The number of hydrogen-bond donors (Lipinski definition) is 3. The van der Waals surface area contributed by atoms with Crippen molar-refractivity contribution in [2.24, 2.45) is 5.92 Å². The molecule has 0 aliphatic carbocycles. The van der Waals surface area contributed by atoms with Crippen LogP contribution in [-0.2, 0) is 9.53 Å². The molecule has 7 heteroatoms. The molecule has 27 heavy (non-hydrogen) atoms. The fourth-order valence-electron chi connectivity index (χ4n) is 3.81. The maximum absolute atomic E-state index is 12.5. The van der Waals surface area contributed by atoms with Crippen LogP contribution in [0.5, 0.6) is 5.75 Å². The van der Waals surface area contributed by atoms with E-state index >= 15 is 0 Å². The molecule has 1 unspecified atom stereocenters. The third-order valence-corrected chi connectivity index (χ3v) is 5.23. The number of methoxy groups -OCH3 is 2. The molecule has 2 atom stereocenters. The minimum absolute atomic E-state index is 0.0948. The van der Waals surface area contributed by atoms with Gasteiger partial charge in [0.05, 0.1) is 51.5 Å². The van der Waals surface area contributed by atoms with E-state index in [1.165, 1.54) is 24.9 Å². The third kappa shape index (κ3) is 4.42. The van der Waals surface area contributed by atoms with Gasteiger partial charge in [0.1, 0.15) is 11.4 Å². The molecule has 1 aromatic heterocycles. The molecule has 7 nitrogen and oxygen atoms in total. The van der Waals surface area contributed by atoms with Crippen LogP contribution in [0.25, 0.3) is 10.9 Å². The number of anilines is 1. The number of nitrogens with one attached hydrogen (secondary N) is 3. The van der Waals surface area contributed by atoms with Crippen molar-refractivity contribution < 1.29 is 24.0 Å². The van der Waals surface area contributed by atoms with Crippen LogP contribution in [-0.4, -0.2) is 50.7 Å². The number of hydrogen-bond acceptors (Lipinski definition) is 4. The largest absolute Gasteiger partial charge is 0.497 e. The van der Waals surface area contributed by atoms with Gasteiger partial charge in [0.15, 0.2) is 0 Å². The standard InChI is InChI=1S/C20H27N3O4/c1-13-5-4-9-23(12-13)10-8-17(24)22-18-15-7-6-14(26-2)11-16(15)21-19(18)20(25)27-3/h6-7,11,13,21H,4-5,8-10,12H2,1-3H3,(H,22,24)/p+1/t13-/m1/s1. The number of ether oxygens (including phenoxy) is 2. The van der Waals surface area contributed by atoms with E-state index in [0.29, 0.717) is 29.3 Å². The van der Waals surface area contributed by atoms with Crippen molar-refractivity contribution in [1.29, 1.82) is 0 Å². The van der Waals surface area contributed by atoms with Gasteiger partial charge in [-0.05, 0) is 25.0 Å². The first-order valence-electron chi connectivity index (χ1n) is 9.43. The Kier molecular flexibility index (Phi) is 6.01. The minimum Gasteiger partial charge on any atom is -0.497 e. The Labute approximate surface area is 159 Å². The van der Waals surface area contributed by atoms with Crippen molar-refractivity contribution in [1.82, 2.24) is 4.98 Å². The first-order valence-corrected chi connectivity index (χ1v) is 9.43. The molecule has 146 valence electrons. The normalized spacial score (nSPS) is 19.7. The number of aromatic amines is 1. The molecule has 1 fully saturated rings. The molecule has 1 aliphatic rings. The molecule has 3 N–H and O–H groups in total. The Hall–Kier alpha value is -2.54. The monoisotopic (exact) mass is 374 g/mol. The number of benzene rings is 1. The van der Waals surface area contributed by atoms with Gasteiger partial charge in [-0.2, -0.15) is 0 Å². The van der Waals surface area contributed by atoms with Crippen molar-refractivity contribution in [3.8, 4) is 5.75 Å². The molecular formula is C20H28N3O4+. The summed E-state index contributed by atoms with van der Waals surface area (Å²) in [5.74, 6) is 0.769. The smallest absolute Gasteiger partial charge is 0.356 e. The summed E-state index contributed by atoms with van der Waals surface area (Å²) < 4.78 is 10.1. The van der Waals surface area contributed by atoms with Crippen molar-refractivity contribution in [3.05, 3.63) is 23.9 Å². The number of quaternary nitrogens is 1. The van der Waals surface area contributed by atoms with E-state index < -0.39 is 5.97 Å². The number of fused-ring (bicyclic) bond motifs is 1. The minimum atomic E-state index is -0.518. The van der Waals surface area contributed by atoms with Gasteiger partial charge in [0, 0.05) is 17.4 Å². The highest BCUT2D eigenvalue weighted by molar-refractivity contribution is 6.11. The molecule has 1 saturated heterocycles. The number of aromatic nitrogens is 1. The highest BCUT2D eigenvalue weighted by Crippen LogP contribution is 2.31.